The molecular formula is C10H17N3S. The van der Waals surface area contributed by atoms with E-state index >= 15 is 0 Å². The van der Waals surface area contributed by atoms with Gasteiger partial charge in [-0.1, -0.05) is 0 Å². The Balaban J connectivity index is 2.29. The smallest absolute Gasteiger partial charge is 0.0825 e. The molecule has 1 N–H and O–H groups in total. The van der Waals surface area contributed by atoms with Crippen LogP contribution >= 0.6 is 11.8 Å². The lowest BCUT2D eigenvalue weighted by atomic mass is 10.2. The van der Waals surface area contributed by atoms with Gasteiger partial charge in [-0.15, -0.1) is 11.8 Å². The molecule has 0 aliphatic carbocycles. The average molecular weight is 211 g/mol. The SMILES string of the molecule is Cc1nn(C)c(C)c1C1NCCCS1. The molecule has 1 aromatic heterocycles. The molecule has 1 atom stereocenters. The minimum Gasteiger partial charge on any atom is -0.301 e. The van der Waals surface area contributed by atoms with Crippen molar-refractivity contribution in [2.45, 2.75) is 25.6 Å². The van der Waals surface area contributed by atoms with Crippen LogP contribution in [0.25, 0.3) is 0 Å². The van der Waals surface area contributed by atoms with Crippen molar-refractivity contribution in [1.82, 2.24) is 15.1 Å². The fraction of sp³-hybridized carbons (Fsp3) is 0.700. The van der Waals surface area contributed by atoms with Crippen molar-refractivity contribution < 1.29 is 0 Å². The summed E-state index contributed by atoms with van der Waals surface area (Å²) < 4.78 is 1.97. The maximum Gasteiger partial charge on any atom is 0.0825 e. The molecule has 1 aromatic rings. The molecule has 1 unspecified atom stereocenters. The fourth-order valence-electron chi connectivity index (χ4n) is 1.92. The Labute approximate surface area is 89.3 Å². The second-order valence-corrected chi connectivity index (χ2v) is 4.98. The number of nitrogens with one attached hydrogen (secondary N) is 1. The van der Waals surface area contributed by atoms with Gasteiger partial charge in [0.25, 0.3) is 0 Å². The average Bonchev–Trinajstić information content (AvgIpc) is 2.43. The third-order valence-corrected chi connectivity index (χ3v) is 4.02. The molecule has 2 rings (SSSR count). The van der Waals surface area contributed by atoms with Crippen molar-refractivity contribution >= 4 is 11.8 Å². The molecule has 1 aliphatic heterocycles. The molecule has 2 heterocycles. The van der Waals surface area contributed by atoms with Crippen LogP contribution in [0.15, 0.2) is 0 Å². The zero-order chi connectivity index (χ0) is 10.1. The normalized spacial score (nSPS) is 22.6. The Bertz CT molecular complexity index is 326. The number of hydrogen-bond donors (Lipinski definition) is 1. The van der Waals surface area contributed by atoms with E-state index in [1.54, 1.807) is 0 Å². The number of thioether (sulfide) groups is 1. The summed E-state index contributed by atoms with van der Waals surface area (Å²) in [5.41, 5.74) is 3.84. The summed E-state index contributed by atoms with van der Waals surface area (Å²) in [7, 11) is 2.01. The molecule has 0 bridgehead atoms. The van der Waals surface area contributed by atoms with Crippen molar-refractivity contribution in [1.29, 1.82) is 0 Å². The molecular weight excluding hydrogens is 194 g/mol. The number of rotatable bonds is 1. The van der Waals surface area contributed by atoms with Crippen LogP contribution in [0.3, 0.4) is 0 Å². The maximum absolute atomic E-state index is 4.45. The zero-order valence-electron chi connectivity index (χ0n) is 9.00. The Morgan fingerprint density at radius 2 is 2.29 bits per heavy atom. The third-order valence-electron chi connectivity index (χ3n) is 2.76. The molecule has 1 saturated heterocycles. The van der Waals surface area contributed by atoms with Crippen LogP contribution in [0.5, 0.6) is 0 Å². The highest BCUT2D eigenvalue weighted by Gasteiger charge is 2.21. The molecule has 0 amide bonds. The van der Waals surface area contributed by atoms with E-state index < -0.39 is 0 Å². The quantitative estimate of drug-likeness (QED) is 0.767. The molecule has 1 aliphatic rings. The first-order chi connectivity index (χ1) is 6.70. The maximum atomic E-state index is 4.45. The highest BCUT2D eigenvalue weighted by atomic mass is 32.2. The summed E-state index contributed by atoms with van der Waals surface area (Å²) >= 11 is 1.99. The number of nitrogens with zero attached hydrogens (tertiary/aromatic N) is 2. The fourth-order valence-corrected chi connectivity index (χ4v) is 3.21. The lowest BCUT2D eigenvalue weighted by Gasteiger charge is -2.23. The Morgan fingerprint density at radius 3 is 2.79 bits per heavy atom. The molecule has 0 spiro atoms. The van der Waals surface area contributed by atoms with Crippen LogP contribution in [-0.2, 0) is 7.05 Å². The first-order valence-electron chi connectivity index (χ1n) is 5.05. The van der Waals surface area contributed by atoms with Crippen molar-refractivity contribution in [2.75, 3.05) is 12.3 Å². The second kappa shape index (κ2) is 3.95. The van der Waals surface area contributed by atoms with Crippen molar-refractivity contribution in [2.24, 2.45) is 7.05 Å². The van der Waals surface area contributed by atoms with Crippen molar-refractivity contribution in [3.8, 4) is 0 Å². The topological polar surface area (TPSA) is 29.9 Å². The lowest BCUT2D eigenvalue weighted by Crippen LogP contribution is -2.26. The predicted molar refractivity (Wildman–Crippen MR) is 60.5 cm³/mol. The van der Waals surface area contributed by atoms with E-state index in [1.807, 2.05) is 23.5 Å². The first-order valence-corrected chi connectivity index (χ1v) is 6.10. The molecule has 3 nitrogen and oxygen atoms in total. The minimum absolute atomic E-state index is 0.456. The zero-order valence-corrected chi connectivity index (χ0v) is 9.82. The number of aryl methyl sites for hydroxylation is 2. The molecule has 0 aromatic carbocycles. The van der Waals surface area contributed by atoms with Gasteiger partial charge in [0.15, 0.2) is 0 Å². The van der Waals surface area contributed by atoms with Gasteiger partial charge in [-0.25, -0.2) is 0 Å². The standard InChI is InChI=1S/C10H17N3S/c1-7-9(8(2)13(3)12-7)10-11-5-4-6-14-10/h10-11H,4-6H2,1-3H3. The Morgan fingerprint density at radius 1 is 1.50 bits per heavy atom. The summed E-state index contributed by atoms with van der Waals surface area (Å²) in [5.74, 6) is 1.26. The summed E-state index contributed by atoms with van der Waals surface area (Å²) in [6.45, 7) is 5.37. The van der Waals surface area contributed by atoms with Gasteiger partial charge in [-0.05, 0) is 32.6 Å². The van der Waals surface area contributed by atoms with Gasteiger partial charge in [0.1, 0.15) is 0 Å². The second-order valence-electron chi connectivity index (χ2n) is 3.77. The van der Waals surface area contributed by atoms with Gasteiger partial charge < -0.3 is 5.32 Å². The van der Waals surface area contributed by atoms with E-state index in [-0.39, 0.29) is 0 Å². The van der Waals surface area contributed by atoms with E-state index in [2.05, 4.69) is 24.3 Å². The molecule has 78 valence electrons. The molecule has 4 heteroatoms. The molecule has 14 heavy (non-hydrogen) atoms. The largest absolute Gasteiger partial charge is 0.301 e. The number of hydrogen-bond acceptors (Lipinski definition) is 3. The summed E-state index contributed by atoms with van der Waals surface area (Å²) in [5, 5.41) is 8.45. The molecule has 0 saturated carbocycles. The summed E-state index contributed by atoms with van der Waals surface area (Å²) in [6, 6.07) is 0. The lowest BCUT2D eigenvalue weighted by molar-refractivity contribution is 0.637. The summed E-state index contributed by atoms with van der Waals surface area (Å²) in [4.78, 5) is 0. The Kier molecular flexibility index (Phi) is 2.83. The van der Waals surface area contributed by atoms with Gasteiger partial charge in [0.05, 0.1) is 11.1 Å². The van der Waals surface area contributed by atoms with Gasteiger partial charge in [0, 0.05) is 18.3 Å². The van der Waals surface area contributed by atoms with Crippen LogP contribution in [0, 0.1) is 13.8 Å². The number of aromatic nitrogens is 2. The Hall–Kier alpha value is -0.480. The van der Waals surface area contributed by atoms with Gasteiger partial charge in [-0.2, -0.15) is 5.10 Å². The predicted octanol–water partition coefficient (Wildman–Crippen LogP) is 1.76. The molecule has 0 radical (unpaired) electrons. The van der Waals surface area contributed by atoms with Crippen LogP contribution in [0.4, 0.5) is 0 Å². The van der Waals surface area contributed by atoms with E-state index in [1.165, 1.54) is 23.4 Å². The third kappa shape index (κ3) is 1.68. The van der Waals surface area contributed by atoms with Crippen molar-refractivity contribution in [3.05, 3.63) is 17.0 Å². The molecule has 1 fully saturated rings. The van der Waals surface area contributed by atoms with Crippen LogP contribution < -0.4 is 5.32 Å². The van der Waals surface area contributed by atoms with E-state index in [9.17, 15) is 0 Å². The highest BCUT2D eigenvalue weighted by molar-refractivity contribution is 7.99. The van der Waals surface area contributed by atoms with E-state index in [0.29, 0.717) is 5.37 Å². The van der Waals surface area contributed by atoms with E-state index in [0.717, 1.165) is 12.2 Å². The van der Waals surface area contributed by atoms with Gasteiger partial charge in [-0.3, -0.25) is 4.68 Å². The minimum atomic E-state index is 0.456. The van der Waals surface area contributed by atoms with Crippen LogP contribution in [0.2, 0.25) is 0 Å². The first kappa shape index (κ1) is 10.1. The highest BCUT2D eigenvalue weighted by Crippen LogP contribution is 2.33. The van der Waals surface area contributed by atoms with Gasteiger partial charge >= 0.3 is 0 Å². The monoisotopic (exact) mass is 211 g/mol. The summed E-state index contributed by atoms with van der Waals surface area (Å²) in [6.07, 6.45) is 1.28. The van der Waals surface area contributed by atoms with E-state index in [4.69, 9.17) is 0 Å². The van der Waals surface area contributed by atoms with Crippen LogP contribution in [0.1, 0.15) is 28.7 Å². The van der Waals surface area contributed by atoms with Gasteiger partial charge in [0.2, 0.25) is 0 Å². The van der Waals surface area contributed by atoms with Crippen LogP contribution in [-0.4, -0.2) is 22.1 Å². The van der Waals surface area contributed by atoms with Crippen molar-refractivity contribution in [3.63, 3.8) is 0 Å².